The summed E-state index contributed by atoms with van der Waals surface area (Å²) >= 11 is -0.860. The van der Waals surface area contributed by atoms with Crippen molar-refractivity contribution in [3.8, 4) is 6.07 Å². The molecule has 0 saturated carbocycles. The number of rotatable bonds is 0. The van der Waals surface area contributed by atoms with Crippen molar-refractivity contribution >= 4 is 18.4 Å². The van der Waals surface area contributed by atoms with Crippen LogP contribution < -0.4 is 0 Å². The van der Waals surface area contributed by atoms with E-state index in [1.165, 1.54) is 11.1 Å². The van der Waals surface area contributed by atoms with E-state index in [1.807, 2.05) is 6.08 Å². The zero-order valence-electron chi connectivity index (χ0n) is 7.01. The molecule has 58 valence electrons. The molecule has 0 aliphatic carbocycles. The molecular weight excluding hydrogens is 201 g/mol. The SMILES string of the molecule is CC1=C(C)C=[Se](C)C(C#N)=C1. The molecule has 1 rings (SSSR count). The van der Waals surface area contributed by atoms with Crippen LogP contribution in [0.5, 0.6) is 0 Å². The standard InChI is InChI=1S/C9H11NSe/c1-7-4-9(5-10)11(3)6-8(7)2/h4,6H,1-3H3. The van der Waals surface area contributed by atoms with Gasteiger partial charge in [0.1, 0.15) is 0 Å². The summed E-state index contributed by atoms with van der Waals surface area (Å²) in [5, 5.41) is 8.74. The van der Waals surface area contributed by atoms with E-state index < -0.39 is 13.5 Å². The second kappa shape index (κ2) is 3.17. The maximum atomic E-state index is 8.74. The monoisotopic (exact) mass is 213 g/mol. The van der Waals surface area contributed by atoms with Crippen molar-refractivity contribution in [1.82, 2.24) is 0 Å². The van der Waals surface area contributed by atoms with Gasteiger partial charge in [0.05, 0.1) is 0 Å². The summed E-state index contributed by atoms with van der Waals surface area (Å²) in [4.78, 5) is 2.26. The Balaban J connectivity index is 3.18. The van der Waals surface area contributed by atoms with Gasteiger partial charge in [-0.15, -0.1) is 0 Å². The molecule has 0 aromatic heterocycles. The van der Waals surface area contributed by atoms with Crippen molar-refractivity contribution in [3.63, 3.8) is 0 Å². The van der Waals surface area contributed by atoms with Crippen molar-refractivity contribution in [2.75, 3.05) is 0 Å². The van der Waals surface area contributed by atoms with Crippen LogP contribution >= 0.6 is 0 Å². The summed E-state index contributed by atoms with van der Waals surface area (Å²) in [6, 6.07) is 2.26. The van der Waals surface area contributed by atoms with Gasteiger partial charge in [0.15, 0.2) is 0 Å². The van der Waals surface area contributed by atoms with Crippen LogP contribution in [0.25, 0.3) is 0 Å². The predicted molar refractivity (Wildman–Crippen MR) is 49.8 cm³/mol. The minimum absolute atomic E-state index is 0.860. The number of hydrogen-bond acceptors (Lipinski definition) is 1. The van der Waals surface area contributed by atoms with E-state index in [9.17, 15) is 0 Å². The van der Waals surface area contributed by atoms with Gasteiger partial charge >= 0.3 is 71.1 Å². The number of nitrogens with zero attached hydrogens (tertiary/aromatic N) is 1. The Hall–Kier alpha value is -0.641. The average molecular weight is 212 g/mol. The summed E-state index contributed by atoms with van der Waals surface area (Å²) in [5.74, 6) is 2.17. The van der Waals surface area contributed by atoms with Crippen molar-refractivity contribution in [3.05, 3.63) is 21.7 Å². The summed E-state index contributed by atoms with van der Waals surface area (Å²) in [5.41, 5.74) is 2.58. The van der Waals surface area contributed by atoms with Crippen molar-refractivity contribution in [2.45, 2.75) is 19.7 Å². The quantitative estimate of drug-likeness (QED) is 0.562. The summed E-state index contributed by atoms with van der Waals surface area (Å²) in [6.07, 6.45) is 2.03. The fourth-order valence-corrected chi connectivity index (χ4v) is 3.76. The second-order valence-corrected chi connectivity index (χ2v) is 6.42. The van der Waals surface area contributed by atoms with Gasteiger partial charge in [-0.3, -0.25) is 0 Å². The molecule has 0 saturated heterocycles. The predicted octanol–water partition coefficient (Wildman–Crippen LogP) is 1.83. The first-order chi connectivity index (χ1) is 5.15. The third-order valence-corrected chi connectivity index (χ3v) is 5.16. The molecule has 0 amide bonds. The van der Waals surface area contributed by atoms with Crippen LogP contribution in [0.4, 0.5) is 0 Å². The van der Waals surface area contributed by atoms with E-state index >= 15 is 0 Å². The van der Waals surface area contributed by atoms with Crippen LogP contribution in [0.3, 0.4) is 0 Å². The van der Waals surface area contributed by atoms with Gasteiger partial charge in [-0.25, -0.2) is 0 Å². The molecule has 0 bridgehead atoms. The van der Waals surface area contributed by atoms with Gasteiger partial charge < -0.3 is 0 Å². The Morgan fingerprint density at radius 1 is 1.36 bits per heavy atom. The number of nitriles is 1. The second-order valence-electron chi connectivity index (χ2n) is 2.66. The molecule has 0 N–H and O–H groups in total. The zero-order chi connectivity index (χ0) is 8.43. The molecule has 1 aliphatic heterocycles. The maximum absolute atomic E-state index is 8.74. The Morgan fingerprint density at radius 2 is 2.00 bits per heavy atom. The van der Waals surface area contributed by atoms with E-state index in [4.69, 9.17) is 5.26 Å². The first-order valence-electron chi connectivity index (χ1n) is 3.44. The fraction of sp³-hybridized carbons (Fsp3) is 0.333. The zero-order valence-corrected chi connectivity index (χ0v) is 8.72. The number of allylic oxidation sites excluding steroid dienone is 4. The van der Waals surface area contributed by atoms with Crippen LogP contribution in [0.2, 0.25) is 5.82 Å². The molecule has 0 spiro atoms. The molecule has 1 unspecified atom stereocenters. The topological polar surface area (TPSA) is 23.8 Å². The van der Waals surface area contributed by atoms with E-state index in [2.05, 4.69) is 30.7 Å². The van der Waals surface area contributed by atoms with Crippen LogP contribution in [-0.4, -0.2) is 18.4 Å². The molecule has 0 radical (unpaired) electrons. The van der Waals surface area contributed by atoms with Crippen LogP contribution in [-0.2, 0) is 0 Å². The Kier molecular flexibility index (Phi) is 2.44. The minimum atomic E-state index is -0.860. The van der Waals surface area contributed by atoms with E-state index in [1.54, 1.807) is 0 Å². The fourth-order valence-electron chi connectivity index (χ4n) is 0.929. The van der Waals surface area contributed by atoms with Gasteiger partial charge in [-0.1, -0.05) is 0 Å². The summed E-state index contributed by atoms with van der Waals surface area (Å²) in [7, 11) is 0. The molecule has 1 nitrogen and oxygen atoms in total. The van der Waals surface area contributed by atoms with Crippen molar-refractivity contribution in [1.29, 1.82) is 5.26 Å². The molecule has 0 aromatic rings. The van der Waals surface area contributed by atoms with Crippen molar-refractivity contribution < 1.29 is 0 Å². The first kappa shape index (κ1) is 8.46. The van der Waals surface area contributed by atoms with Gasteiger partial charge in [0.25, 0.3) is 0 Å². The third-order valence-electron chi connectivity index (χ3n) is 1.78. The molecule has 2 heteroatoms. The van der Waals surface area contributed by atoms with Crippen LogP contribution in [0, 0.1) is 11.3 Å². The molecule has 0 aromatic carbocycles. The molecular formula is C9H11NSe. The molecule has 0 fully saturated rings. The van der Waals surface area contributed by atoms with Gasteiger partial charge in [-0.2, -0.15) is 0 Å². The summed E-state index contributed by atoms with van der Waals surface area (Å²) in [6.45, 7) is 4.17. The average Bonchev–Trinajstić information content (AvgIpc) is 1.97. The molecule has 1 heterocycles. The molecule has 11 heavy (non-hydrogen) atoms. The third kappa shape index (κ3) is 1.68. The first-order valence-corrected chi connectivity index (χ1v) is 7.00. The van der Waals surface area contributed by atoms with E-state index in [0.717, 1.165) is 4.47 Å². The van der Waals surface area contributed by atoms with Gasteiger partial charge in [0.2, 0.25) is 0 Å². The van der Waals surface area contributed by atoms with Crippen LogP contribution in [0.1, 0.15) is 13.8 Å². The van der Waals surface area contributed by atoms with Gasteiger partial charge in [0, 0.05) is 0 Å². The summed E-state index contributed by atoms with van der Waals surface area (Å²) < 4.78 is 0.994. The Labute approximate surface area is 71.5 Å². The molecule has 1 aliphatic rings. The van der Waals surface area contributed by atoms with E-state index in [-0.39, 0.29) is 0 Å². The van der Waals surface area contributed by atoms with Crippen LogP contribution in [0.15, 0.2) is 21.7 Å². The number of hydrogen-bond donors (Lipinski definition) is 0. The Morgan fingerprint density at radius 3 is 2.55 bits per heavy atom. The Bertz CT molecular complexity index is 313. The van der Waals surface area contributed by atoms with Crippen molar-refractivity contribution in [2.24, 2.45) is 0 Å². The van der Waals surface area contributed by atoms with Gasteiger partial charge in [-0.05, 0) is 0 Å². The van der Waals surface area contributed by atoms with E-state index in [0.29, 0.717) is 0 Å². The normalized spacial score (nSPS) is 23.8. The molecule has 1 atom stereocenters.